The summed E-state index contributed by atoms with van der Waals surface area (Å²) in [7, 11) is 0. The lowest BCUT2D eigenvalue weighted by molar-refractivity contribution is 0.0697. The lowest BCUT2D eigenvalue weighted by Crippen LogP contribution is -2.29. The van der Waals surface area contributed by atoms with E-state index in [4.69, 9.17) is 16.7 Å². The molecule has 4 nitrogen and oxygen atoms in total. The van der Waals surface area contributed by atoms with E-state index in [9.17, 15) is 4.79 Å². The van der Waals surface area contributed by atoms with Crippen molar-refractivity contribution in [2.75, 3.05) is 18.0 Å². The van der Waals surface area contributed by atoms with Crippen LogP contribution in [-0.2, 0) is 0 Å². The first-order valence-electron chi connectivity index (χ1n) is 6.77. The summed E-state index contributed by atoms with van der Waals surface area (Å²) in [6.07, 6.45) is 5.09. The Morgan fingerprint density at radius 2 is 1.84 bits per heavy atom. The number of anilines is 1. The van der Waals surface area contributed by atoms with E-state index in [1.165, 1.54) is 31.7 Å². The first-order valence-corrected chi connectivity index (χ1v) is 7.15. The maximum Gasteiger partial charge on any atom is 0.335 e. The SMILES string of the molecule is O=C(O)c1cc(Cl)nc(N(CC2CC2)CC2CC2)c1. The molecule has 0 atom stereocenters. The molecule has 1 N–H and O–H groups in total. The Kier molecular flexibility index (Phi) is 3.35. The maximum absolute atomic E-state index is 11.1. The topological polar surface area (TPSA) is 53.4 Å². The van der Waals surface area contributed by atoms with Crippen LogP contribution < -0.4 is 4.90 Å². The molecular formula is C14H17ClN2O2. The second kappa shape index (κ2) is 5.00. The molecule has 0 bridgehead atoms. The summed E-state index contributed by atoms with van der Waals surface area (Å²) in [4.78, 5) is 17.6. The molecule has 2 saturated carbocycles. The summed E-state index contributed by atoms with van der Waals surface area (Å²) in [6.45, 7) is 1.95. The summed E-state index contributed by atoms with van der Waals surface area (Å²) in [5.74, 6) is 1.24. The molecule has 0 unspecified atom stereocenters. The maximum atomic E-state index is 11.1. The number of carboxylic acid groups (broad SMARTS) is 1. The average molecular weight is 281 g/mol. The zero-order valence-corrected chi connectivity index (χ0v) is 11.4. The third-order valence-electron chi connectivity index (χ3n) is 3.70. The number of halogens is 1. The van der Waals surface area contributed by atoms with Gasteiger partial charge in [-0.2, -0.15) is 0 Å². The van der Waals surface area contributed by atoms with Crippen molar-refractivity contribution in [1.29, 1.82) is 0 Å². The standard InChI is InChI=1S/C14H17ClN2O2/c15-12-5-11(14(18)19)6-13(16-12)17(7-9-1-2-9)8-10-3-4-10/h5-6,9-10H,1-4,7-8H2,(H,18,19). The van der Waals surface area contributed by atoms with E-state index in [-0.39, 0.29) is 10.7 Å². The Morgan fingerprint density at radius 1 is 1.26 bits per heavy atom. The van der Waals surface area contributed by atoms with Crippen molar-refractivity contribution in [3.63, 3.8) is 0 Å². The Labute approximate surface area is 117 Å². The number of nitrogens with zero attached hydrogens (tertiary/aromatic N) is 2. The predicted octanol–water partition coefficient (Wildman–Crippen LogP) is 3.06. The van der Waals surface area contributed by atoms with Crippen molar-refractivity contribution >= 4 is 23.4 Å². The molecule has 1 aromatic heterocycles. The van der Waals surface area contributed by atoms with E-state index in [2.05, 4.69) is 9.88 Å². The molecule has 3 rings (SSSR count). The largest absolute Gasteiger partial charge is 0.478 e. The van der Waals surface area contributed by atoms with Crippen molar-refractivity contribution in [1.82, 2.24) is 4.98 Å². The van der Waals surface area contributed by atoms with Gasteiger partial charge in [-0.25, -0.2) is 9.78 Å². The van der Waals surface area contributed by atoms with E-state index < -0.39 is 5.97 Å². The van der Waals surface area contributed by atoms with Gasteiger partial charge in [0.25, 0.3) is 0 Å². The Morgan fingerprint density at radius 3 is 2.32 bits per heavy atom. The fourth-order valence-electron chi connectivity index (χ4n) is 2.25. The number of hydrogen-bond acceptors (Lipinski definition) is 3. The van der Waals surface area contributed by atoms with Crippen molar-refractivity contribution < 1.29 is 9.90 Å². The van der Waals surface area contributed by atoms with Crippen LogP contribution in [-0.4, -0.2) is 29.1 Å². The molecule has 0 saturated heterocycles. The van der Waals surface area contributed by atoms with Gasteiger partial charge in [-0.3, -0.25) is 0 Å². The molecule has 5 heteroatoms. The van der Waals surface area contributed by atoms with Gasteiger partial charge >= 0.3 is 5.97 Å². The quantitative estimate of drug-likeness (QED) is 0.814. The number of aromatic nitrogens is 1. The zero-order chi connectivity index (χ0) is 13.4. The molecule has 2 fully saturated rings. The van der Waals surface area contributed by atoms with Gasteiger partial charge in [-0.15, -0.1) is 0 Å². The van der Waals surface area contributed by atoms with Crippen LogP contribution in [0, 0.1) is 11.8 Å². The van der Waals surface area contributed by atoms with Gasteiger partial charge in [0, 0.05) is 13.1 Å². The molecule has 1 heterocycles. The lowest BCUT2D eigenvalue weighted by Gasteiger charge is -2.24. The monoisotopic (exact) mass is 280 g/mol. The summed E-state index contributed by atoms with van der Waals surface area (Å²) in [5, 5.41) is 9.36. The van der Waals surface area contributed by atoms with Crippen molar-refractivity contribution in [3.8, 4) is 0 Å². The Bertz CT molecular complexity index is 484. The smallest absolute Gasteiger partial charge is 0.335 e. The van der Waals surface area contributed by atoms with Gasteiger partial charge in [0.05, 0.1) is 5.56 Å². The van der Waals surface area contributed by atoms with Crippen LogP contribution in [0.3, 0.4) is 0 Å². The minimum atomic E-state index is -0.955. The molecule has 2 aliphatic carbocycles. The van der Waals surface area contributed by atoms with Crippen molar-refractivity contribution in [3.05, 3.63) is 22.8 Å². The Hall–Kier alpha value is -1.29. The van der Waals surface area contributed by atoms with Crippen LogP contribution >= 0.6 is 11.6 Å². The zero-order valence-electron chi connectivity index (χ0n) is 10.7. The predicted molar refractivity (Wildman–Crippen MR) is 73.9 cm³/mol. The van der Waals surface area contributed by atoms with Gasteiger partial charge in [0.1, 0.15) is 11.0 Å². The normalized spacial score (nSPS) is 18.4. The summed E-state index contributed by atoms with van der Waals surface area (Å²) < 4.78 is 0. The summed E-state index contributed by atoms with van der Waals surface area (Å²) >= 11 is 5.94. The van der Waals surface area contributed by atoms with Crippen LogP contribution in [0.15, 0.2) is 12.1 Å². The van der Waals surface area contributed by atoms with Gasteiger partial charge in [0.2, 0.25) is 0 Å². The number of pyridine rings is 1. The molecule has 0 radical (unpaired) electrons. The van der Waals surface area contributed by atoms with Crippen LogP contribution in [0.2, 0.25) is 5.15 Å². The van der Waals surface area contributed by atoms with Gasteiger partial charge in [0.15, 0.2) is 0 Å². The van der Waals surface area contributed by atoms with Crippen molar-refractivity contribution in [2.45, 2.75) is 25.7 Å². The second-order valence-corrected chi connectivity index (χ2v) is 6.02. The molecule has 0 amide bonds. The number of carboxylic acids is 1. The van der Waals surface area contributed by atoms with Crippen LogP contribution in [0.4, 0.5) is 5.82 Å². The number of aromatic carboxylic acids is 1. The highest BCUT2D eigenvalue weighted by Crippen LogP contribution is 2.35. The number of carbonyl (C=O) groups is 1. The first kappa shape index (κ1) is 12.7. The molecule has 0 aliphatic heterocycles. The van der Waals surface area contributed by atoms with E-state index in [0.29, 0.717) is 5.82 Å². The Balaban J connectivity index is 1.84. The minimum Gasteiger partial charge on any atom is -0.478 e. The van der Waals surface area contributed by atoms with Gasteiger partial charge in [-0.05, 0) is 49.7 Å². The number of rotatable bonds is 6. The lowest BCUT2D eigenvalue weighted by atomic mass is 10.2. The molecule has 2 aliphatic rings. The molecule has 0 aromatic carbocycles. The van der Waals surface area contributed by atoms with Crippen molar-refractivity contribution in [2.24, 2.45) is 11.8 Å². The summed E-state index contributed by atoms with van der Waals surface area (Å²) in [6, 6.07) is 3.04. The fourth-order valence-corrected chi connectivity index (χ4v) is 2.46. The van der Waals surface area contributed by atoms with E-state index in [0.717, 1.165) is 24.9 Å². The van der Waals surface area contributed by atoms with Crippen LogP contribution in [0.5, 0.6) is 0 Å². The molecule has 19 heavy (non-hydrogen) atoms. The minimum absolute atomic E-state index is 0.214. The highest BCUT2D eigenvalue weighted by molar-refractivity contribution is 6.29. The summed E-state index contributed by atoms with van der Waals surface area (Å²) in [5.41, 5.74) is 0.214. The number of hydrogen-bond donors (Lipinski definition) is 1. The van der Waals surface area contributed by atoms with E-state index in [1.54, 1.807) is 6.07 Å². The van der Waals surface area contributed by atoms with Gasteiger partial charge in [-0.1, -0.05) is 11.6 Å². The van der Waals surface area contributed by atoms with E-state index >= 15 is 0 Å². The molecular weight excluding hydrogens is 264 g/mol. The van der Waals surface area contributed by atoms with E-state index in [1.807, 2.05) is 0 Å². The van der Waals surface area contributed by atoms with Crippen LogP contribution in [0.25, 0.3) is 0 Å². The first-order chi connectivity index (χ1) is 9.11. The molecule has 0 spiro atoms. The third kappa shape index (κ3) is 3.38. The fraction of sp³-hybridized carbons (Fsp3) is 0.571. The average Bonchev–Trinajstić information content (AvgIpc) is 3.22. The third-order valence-corrected chi connectivity index (χ3v) is 3.90. The highest BCUT2D eigenvalue weighted by Gasteiger charge is 2.30. The highest BCUT2D eigenvalue weighted by atomic mass is 35.5. The van der Waals surface area contributed by atoms with Crippen LogP contribution in [0.1, 0.15) is 36.0 Å². The van der Waals surface area contributed by atoms with Gasteiger partial charge < -0.3 is 10.0 Å². The molecule has 102 valence electrons. The molecule has 1 aromatic rings. The second-order valence-electron chi connectivity index (χ2n) is 5.63.